The Labute approximate surface area is 244 Å². The van der Waals surface area contributed by atoms with Crippen molar-refractivity contribution in [3.8, 4) is 0 Å². The van der Waals surface area contributed by atoms with Crippen molar-refractivity contribution in [2.75, 3.05) is 13.2 Å². The van der Waals surface area contributed by atoms with Gasteiger partial charge in [0.1, 0.15) is 0 Å². The highest BCUT2D eigenvalue weighted by Gasteiger charge is 2.32. The van der Waals surface area contributed by atoms with Crippen LogP contribution in [0.5, 0.6) is 0 Å². The summed E-state index contributed by atoms with van der Waals surface area (Å²) in [5.41, 5.74) is -0.245. The van der Waals surface area contributed by atoms with Gasteiger partial charge in [0.2, 0.25) is 0 Å². The van der Waals surface area contributed by atoms with Crippen molar-refractivity contribution in [3.63, 3.8) is 0 Å². The first-order valence-electron chi connectivity index (χ1n) is 14.5. The van der Waals surface area contributed by atoms with Crippen LogP contribution in [-0.2, 0) is 36.6 Å². The largest absolute Gasteiger partial charge is 0.478 e. The maximum atomic E-state index is 13.2. The summed E-state index contributed by atoms with van der Waals surface area (Å²) in [4.78, 5) is 64.0. The molecule has 2 heterocycles. The Balaban J connectivity index is 1.47. The molecule has 0 saturated carbocycles. The Morgan fingerprint density at radius 1 is 0.714 bits per heavy atom. The molecule has 0 aromatic heterocycles. The number of aromatic carboxylic acids is 1. The van der Waals surface area contributed by atoms with Gasteiger partial charge in [-0.15, -0.1) is 0 Å². The highest BCUT2D eigenvalue weighted by atomic mass is 16.6. The zero-order valence-electron chi connectivity index (χ0n) is 23.7. The summed E-state index contributed by atoms with van der Waals surface area (Å²) < 4.78 is 20.7. The molecular weight excluding hydrogens is 544 g/mol. The second kappa shape index (κ2) is 14.8. The number of ether oxygens (including phenoxy) is 4. The number of rotatable bonds is 16. The summed E-state index contributed by atoms with van der Waals surface area (Å²) in [6, 6.07) is 8.77. The topological polar surface area (TPSA) is 149 Å². The van der Waals surface area contributed by atoms with Crippen LogP contribution in [0.1, 0.15) is 111 Å². The maximum absolute atomic E-state index is 13.2. The van der Waals surface area contributed by atoms with Gasteiger partial charge in [0, 0.05) is 19.3 Å². The number of unbranched alkanes of at least 4 members (excludes halogenated alkanes) is 6. The first-order valence-corrected chi connectivity index (χ1v) is 14.5. The molecule has 2 fully saturated rings. The minimum absolute atomic E-state index is 0.0614. The molecule has 10 nitrogen and oxygen atoms in total. The summed E-state index contributed by atoms with van der Waals surface area (Å²) >= 11 is 0. The van der Waals surface area contributed by atoms with Crippen molar-refractivity contribution in [1.29, 1.82) is 0 Å². The van der Waals surface area contributed by atoms with Gasteiger partial charge in [0.05, 0.1) is 47.7 Å². The third-order valence-corrected chi connectivity index (χ3v) is 7.24. The summed E-state index contributed by atoms with van der Waals surface area (Å²) in [5.74, 6) is -5.42. The van der Waals surface area contributed by atoms with Crippen molar-refractivity contribution >= 4 is 29.8 Å². The molecule has 42 heavy (non-hydrogen) atoms. The van der Waals surface area contributed by atoms with Crippen LogP contribution in [0.4, 0.5) is 0 Å². The van der Waals surface area contributed by atoms with Crippen molar-refractivity contribution in [2.24, 2.45) is 0 Å². The summed E-state index contributed by atoms with van der Waals surface area (Å²) in [6.07, 6.45) is 7.37. The number of benzene rings is 2. The fourth-order valence-corrected chi connectivity index (χ4v) is 4.86. The molecule has 2 aromatic rings. The summed E-state index contributed by atoms with van der Waals surface area (Å²) in [5, 5.41) is 9.79. The number of hydrogen-bond acceptors (Lipinski definition) is 9. The quantitative estimate of drug-likeness (QED) is 0.123. The van der Waals surface area contributed by atoms with E-state index in [1.165, 1.54) is 30.7 Å². The van der Waals surface area contributed by atoms with Gasteiger partial charge < -0.3 is 24.1 Å². The fourth-order valence-electron chi connectivity index (χ4n) is 4.86. The standard InChI is InChI=1S/C32H36O10/c1-2-3-4-5-6-7-8-15-26(33)41-32(38)28-21(17-23-19-40-23)12-10-14-25(28)31(37)42-30(36)24-13-9-11-20(16-22-18-39-22)27(24)29(34)35/h9-14,22-23H,2-8,15-19H2,1H3,(H,34,35). The molecule has 2 unspecified atom stereocenters. The van der Waals surface area contributed by atoms with Gasteiger partial charge in [-0.05, 0) is 29.7 Å². The van der Waals surface area contributed by atoms with E-state index in [1.807, 2.05) is 0 Å². The molecule has 0 amide bonds. The van der Waals surface area contributed by atoms with Crippen molar-refractivity contribution in [2.45, 2.75) is 83.3 Å². The molecule has 0 bridgehead atoms. The second-order valence-corrected chi connectivity index (χ2v) is 10.6. The predicted molar refractivity (Wildman–Crippen MR) is 150 cm³/mol. The lowest BCUT2D eigenvalue weighted by atomic mass is 9.97. The van der Waals surface area contributed by atoms with Crippen LogP contribution in [0.3, 0.4) is 0 Å². The first-order chi connectivity index (χ1) is 20.3. The Morgan fingerprint density at radius 3 is 1.74 bits per heavy atom. The Morgan fingerprint density at radius 2 is 1.21 bits per heavy atom. The molecule has 2 saturated heterocycles. The number of carbonyl (C=O) groups excluding carboxylic acids is 4. The van der Waals surface area contributed by atoms with Gasteiger partial charge in [0.25, 0.3) is 0 Å². The lowest BCUT2D eigenvalue weighted by Gasteiger charge is -2.14. The van der Waals surface area contributed by atoms with Gasteiger partial charge in [-0.3, -0.25) is 4.79 Å². The van der Waals surface area contributed by atoms with Gasteiger partial charge in [0.15, 0.2) is 0 Å². The van der Waals surface area contributed by atoms with Crippen LogP contribution in [0.25, 0.3) is 0 Å². The van der Waals surface area contributed by atoms with E-state index in [1.54, 1.807) is 12.1 Å². The molecule has 2 atom stereocenters. The lowest BCUT2D eigenvalue weighted by Crippen LogP contribution is -2.22. The maximum Gasteiger partial charge on any atom is 0.346 e. The normalized spacial score (nSPS) is 16.9. The van der Waals surface area contributed by atoms with E-state index >= 15 is 0 Å². The highest BCUT2D eigenvalue weighted by Crippen LogP contribution is 2.26. The summed E-state index contributed by atoms with van der Waals surface area (Å²) in [6.45, 7) is 3.12. The SMILES string of the molecule is CCCCCCCCCC(=O)OC(=O)c1c(CC2CO2)cccc1C(=O)OC(=O)c1cccc(CC2CO2)c1C(=O)O. The number of hydrogen-bond donors (Lipinski definition) is 1. The van der Waals surface area contributed by atoms with Crippen molar-refractivity contribution < 1.29 is 48.0 Å². The third-order valence-electron chi connectivity index (χ3n) is 7.24. The number of carboxylic acid groups (broad SMARTS) is 1. The zero-order chi connectivity index (χ0) is 30.1. The molecule has 224 valence electrons. The lowest BCUT2D eigenvalue weighted by molar-refractivity contribution is -0.138. The van der Waals surface area contributed by atoms with Crippen molar-refractivity contribution in [1.82, 2.24) is 0 Å². The van der Waals surface area contributed by atoms with Crippen molar-refractivity contribution in [3.05, 3.63) is 69.8 Å². The van der Waals surface area contributed by atoms with E-state index in [0.29, 0.717) is 43.6 Å². The molecular formula is C32H36O10. The van der Waals surface area contributed by atoms with Crippen LogP contribution >= 0.6 is 0 Å². The first kappa shape index (κ1) is 31.1. The van der Waals surface area contributed by atoms with Crippen LogP contribution in [0, 0.1) is 0 Å². The number of carbonyl (C=O) groups is 5. The fraction of sp³-hybridized carbons (Fsp3) is 0.469. The Kier molecular flexibility index (Phi) is 11.0. The Bertz CT molecular complexity index is 1320. The molecule has 0 aliphatic carbocycles. The minimum atomic E-state index is -1.35. The summed E-state index contributed by atoms with van der Waals surface area (Å²) in [7, 11) is 0. The van der Waals surface area contributed by atoms with Gasteiger partial charge in [-0.2, -0.15) is 0 Å². The van der Waals surface area contributed by atoms with Crippen LogP contribution < -0.4 is 0 Å². The van der Waals surface area contributed by atoms with Gasteiger partial charge >= 0.3 is 29.8 Å². The number of epoxide rings is 2. The predicted octanol–water partition coefficient (Wildman–Crippen LogP) is 5.09. The third kappa shape index (κ3) is 8.80. The highest BCUT2D eigenvalue weighted by molar-refractivity contribution is 6.12. The molecule has 2 aromatic carbocycles. The van der Waals surface area contributed by atoms with E-state index in [2.05, 4.69) is 6.92 Å². The smallest absolute Gasteiger partial charge is 0.346 e. The van der Waals surface area contributed by atoms with E-state index in [9.17, 15) is 29.1 Å². The van der Waals surface area contributed by atoms with E-state index < -0.39 is 29.8 Å². The molecule has 1 N–H and O–H groups in total. The van der Waals surface area contributed by atoms with Gasteiger partial charge in [-0.25, -0.2) is 19.2 Å². The minimum Gasteiger partial charge on any atom is -0.478 e. The average Bonchev–Trinajstić information content (AvgIpc) is 3.90. The monoisotopic (exact) mass is 580 g/mol. The van der Waals surface area contributed by atoms with E-state index in [-0.39, 0.29) is 40.9 Å². The molecule has 4 rings (SSSR count). The molecule has 0 radical (unpaired) electrons. The second-order valence-electron chi connectivity index (χ2n) is 10.6. The Hall–Kier alpha value is -3.89. The van der Waals surface area contributed by atoms with E-state index in [4.69, 9.17) is 18.9 Å². The number of esters is 4. The molecule has 10 heteroatoms. The van der Waals surface area contributed by atoms with Crippen LogP contribution in [0.2, 0.25) is 0 Å². The molecule has 0 spiro atoms. The van der Waals surface area contributed by atoms with Gasteiger partial charge in [-0.1, -0.05) is 69.7 Å². The molecule has 2 aliphatic rings. The average molecular weight is 581 g/mol. The van der Waals surface area contributed by atoms with Crippen LogP contribution in [0.15, 0.2) is 36.4 Å². The van der Waals surface area contributed by atoms with E-state index in [0.717, 1.165) is 32.1 Å². The number of carboxylic acids is 1. The molecule has 2 aliphatic heterocycles. The van der Waals surface area contributed by atoms with Crippen LogP contribution in [-0.4, -0.2) is 60.4 Å². The zero-order valence-corrected chi connectivity index (χ0v) is 23.7.